The van der Waals surface area contributed by atoms with Gasteiger partial charge in [0.05, 0.1) is 0 Å². The first-order chi connectivity index (χ1) is 10.6. The Balaban J connectivity index is 1.85. The van der Waals surface area contributed by atoms with Crippen molar-refractivity contribution in [2.24, 2.45) is 0 Å². The molecule has 0 aromatic heterocycles. The van der Waals surface area contributed by atoms with Gasteiger partial charge in [-0.05, 0) is 36.2 Å². The van der Waals surface area contributed by atoms with Crippen molar-refractivity contribution in [1.82, 2.24) is 0 Å². The maximum absolute atomic E-state index is 11.9. The first-order valence-corrected chi connectivity index (χ1v) is 7.92. The van der Waals surface area contributed by atoms with E-state index in [4.69, 9.17) is 23.2 Å². The molecule has 3 nitrogen and oxygen atoms in total. The van der Waals surface area contributed by atoms with Crippen molar-refractivity contribution in [2.75, 3.05) is 17.2 Å². The highest BCUT2D eigenvalue weighted by molar-refractivity contribution is 6.35. The molecule has 0 aliphatic heterocycles. The van der Waals surface area contributed by atoms with Crippen LogP contribution in [0.15, 0.2) is 42.5 Å². The van der Waals surface area contributed by atoms with Gasteiger partial charge in [-0.1, -0.05) is 48.3 Å². The van der Waals surface area contributed by atoms with Crippen molar-refractivity contribution >= 4 is 40.5 Å². The molecule has 0 aliphatic rings. The topological polar surface area (TPSA) is 41.1 Å². The number of carbonyl (C=O) groups excluding carboxylic acids is 1. The van der Waals surface area contributed by atoms with Crippen LogP contribution in [0.3, 0.4) is 0 Å². The summed E-state index contributed by atoms with van der Waals surface area (Å²) in [5, 5.41) is 7.08. The third-order valence-electron chi connectivity index (χ3n) is 3.21. The van der Waals surface area contributed by atoms with E-state index in [1.54, 1.807) is 18.2 Å². The fraction of sp³-hybridized carbons (Fsp3) is 0.235. The lowest BCUT2D eigenvalue weighted by atomic mass is 10.1. The molecule has 0 radical (unpaired) electrons. The molecule has 0 fully saturated rings. The molecule has 0 spiro atoms. The molecule has 5 heteroatoms. The Labute approximate surface area is 140 Å². The molecule has 0 atom stereocenters. The van der Waals surface area contributed by atoms with E-state index in [0.29, 0.717) is 28.7 Å². The highest BCUT2D eigenvalue weighted by Crippen LogP contribution is 2.22. The maximum atomic E-state index is 11.9. The summed E-state index contributed by atoms with van der Waals surface area (Å²) < 4.78 is 0. The zero-order valence-corrected chi connectivity index (χ0v) is 13.8. The van der Waals surface area contributed by atoms with Crippen LogP contribution in [0.25, 0.3) is 0 Å². The first kappa shape index (κ1) is 16.7. The average Bonchev–Trinajstić information content (AvgIpc) is 2.46. The largest absolute Gasteiger partial charge is 0.384 e. The van der Waals surface area contributed by atoms with Crippen molar-refractivity contribution in [3.05, 3.63) is 58.1 Å². The number of nitrogens with one attached hydrogen (secondary N) is 2. The Hall–Kier alpha value is -1.71. The molecule has 2 aromatic rings. The van der Waals surface area contributed by atoms with E-state index in [1.807, 2.05) is 18.2 Å². The lowest BCUT2D eigenvalue weighted by Crippen LogP contribution is -2.16. The Bertz CT molecular complexity index is 639. The van der Waals surface area contributed by atoms with Gasteiger partial charge in [0.2, 0.25) is 5.91 Å². The summed E-state index contributed by atoms with van der Waals surface area (Å²) in [4.78, 5) is 11.9. The van der Waals surface area contributed by atoms with E-state index in [1.165, 1.54) is 5.56 Å². The predicted octanol–water partition coefficient (Wildman–Crippen LogP) is 5.00. The van der Waals surface area contributed by atoms with Crippen molar-refractivity contribution < 1.29 is 4.79 Å². The Morgan fingerprint density at radius 1 is 1.09 bits per heavy atom. The van der Waals surface area contributed by atoms with Gasteiger partial charge >= 0.3 is 0 Å². The summed E-state index contributed by atoms with van der Waals surface area (Å²) >= 11 is 11.8. The minimum Gasteiger partial charge on any atom is -0.384 e. The third-order valence-corrected chi connectivity index (χ3v) is 3.65. The van der Waals surface area contributed by atoms with Crippen molar-refractivity contribution in [3.8, 4) is 0 Å². The van der Waals surface area contributed by atoms with E-state index in [-0.39, 0.29) is 5.91 Å². The molecule has 116 valence electrons. The fourth-order valence-corrected chi connectivity index (χ4v) is 2.69. The van der Waals surface area contributed by atoms with E-state index < -0.39 is 0 Å². The molecule has 0 aliphatic carbocycles. The molecular weight excluding hydrogens is 319 g/mol. The smallest absolute Gasteiger partial charge is 0.226 e. The second kappa shape index (κ2) is 8.06. The van der Waals surface area contributed by atoms with Gasteiger partial charge in [0.15, 0.2) is 0 Å². The minimum absolute atomic E-state index is 0.0835. The van der Waals surface area contributed by atoms with E-state index >= 15 is 0 Å². The first-order valence-electron chi connectivity index (χ1n) is 7.16. The monoisotopic (exact) mass is 336 g/mol. The molecular formula is C17H18Cl2N2O. The average molecular weight is 337 g/mol. The van der Waals surface area contributed by atoms with Crippen LogP contribution in [0.5, 0.6) is 0 Å². The number of benzene rings is 2. The van der Waals surface area contributed by atoms with Gasteiger partial charge in [0.1, 0.15) is 0 Å². The van der Waals surface area contributed by atoms with Gasteiger partial charge in [-0.2, -0.15) is 0 Å². The number of carbonyl (C=O) groups is 1. The summed E-state index contributed by atoms with van der Waals surface area (Å²) in [5.74, 6) is -0.0835. The number of hydrogen-bond donors (Lipinski definition) is 2. The molecule has 0 saturated heterocycles. The number of amides is 1. The Morgan fingerprint density at radius 2 is 1.77 bits per heavy atom. The molecule has 2 rings (SSSR count). The number of anilines is 2. The third kappa shape index (κ3) is 4.93. The highest BCUT2D eigenvalue weighted by atomic mass is 35.5. The SMILES string of the molecule is CCc1ccccc1NCCC(=O)Nc1cc(Cl)cc(Cl)c1. The number of rotatable bonds is 6. The minimum atomic E-state index is -0.0835. The summed E-state index contributed by atoms with van der Waals surface area (Å²) in [6, 6.07) is 13.1. The van der Waals surface area contributed by atoms with Crippen LogP contribution in [0.1, 0.15) is 18.9 Å². The number of para-hydroxylation sites is 1. The molecule has 2 N–H and O–H groups in total. The van der Waals surface area contributed by atoms with Crippen LogP contribution in [0.4, 0.5) is 11.4 Å². The Morgan fingerprint density at radius 3 is 2.45 bits per heavy atom. The highest BCUT2D eigenvalue weighted by Gasteiger charge is 2.05. The molecule has 0 heterocycles. The van der Waals surface area contributed by atoms with Gasteiger partial charge in [0, 0.05) is 34.4 Å². The van der Waals surface area contributed by atoms with Gasteiger partial charge in [-0.3, -0.25) is 4.79 Å². The molecule has 0 saturated carbocycles. The number of halogens is 2. The van der Waals surface area contributed by atoms with Crippen LogP contribution in [-0.2, 0) is 11.2 Å². The second-order valence-corrected chi connectivity index (χ2v) is 5.77. The summed E-state index contributed by atoms with van der Waals surface area (Å²) in [7, 11) is 0. The number of hydrogen-bond acceptors (Lipinski definition) is 2. The summed E-state index contributed by atoms with van der Waals surface area (Å²) in [5.41, 5.74) is 2.92. The quantitative estimate of drug-likeness (QED) is 0.779. The maximum Gasteiger partial charge on any atom is 0.226 e. The van der Waals surface area contributed by atoms with Crippen LogP contribution in [0.2, 0.25) is 10.0 Å². The Kier molecular flexibility index (Phi) is 6.10. The lowest BCUT2D eigenvalue weighted by Gasteiger charge is -2.11. The lowest BCUT2D eigenvalue weighted by molar-refractivity contribution is -0.115. The van der Waals surface area contributed by atoms with E-state index in [9.17, 15) is 4.79 Å². The zero-order valence-electron chi connectivity index (χ0n) is 12.3. The fourth-order valence-electron chi connectivity index (χ4n) is 2.16. The van der Waals surface area contributed by atoms with Crippen LogP contribution < -0.4 is 10.6 Å². The second-order valence-electron chi connectivity index (χ2n) is 4.89. The van der Waals surface area contributed by atoms with Gasteiger partial charge in [0.25, 0.3) is 0 Å². The van der Waals surface area contributed by atoms with Gasteiger partial charge in [-0.15, -0.1) is 0 Å². The van der Waals surface area contributed by atoms with Crippen molar-refractivity contribution in [2.45, 2.75) is 19.8 Å². The normalized spacial score (nSPS) is 10.3. The van der Waals surface area contributed by atoms with Crippen LogP contribution >= 0.6 is 23.2 Å². The summed E-state index contributed by atoms with van der Waals surface area (Å²) in [6.07, 6.45) is 1.32. The van der Waals surface area contributed by atoms with Crippen LogP contribution in [0, 0.1) is 0 Å². The zero-order chi connectivity index (χ0) is 15.9. The van der Waals surface area contributed by atoms with Crippen molar-refractivity contribution in [3.63, 3.8) is 0 Å². The summed E-state index contributed by atoms with van der Waals surface area (Å²) in [6.45, 7) is 2.67. The molecule has 0 unspecified atom stereocenters. The molecule has 1 amide bonds. The van der Waals surface area contributed by atoms with Crippen LogP contribution in [-0.4, -0.2) is 12.5 Å². The standard InChI is InChI=1S/C17H18Cl2N2O/c1-2-12-5-3-4-6-16(12)20-8-7-17(22)21-15-10-13(18)9-14(19)11-15/h3-6,9-11,20H,2,7-8H2,1H3,(H,21,22). The van der Waals surface area contributed by atoms with Crippen molar-refractivity contribution in [1.29, 1.82) is 0 Å². The van der Waals surface area contributed by atoms with Gasteiger partial charge in [-0.25, -0.2) is 0 Å². The van der Waals surface area contributed by atoms with E-state index in [2.05, 4.69) is 23.6 Å². The number of aryl methyl sites for hydroxylation is 1. The van der Waals surface area contributed by atoms with E-state index in [0.717, 1.165) is 12.1 Å². The predicted molar refractivity (Wildman–Crippen MR) is 94.0 cm³/mol. The van der Waals surface area contributed by atoms with Gasteiger partial charge < -0.3 is 10.6 Å². The molecule has 22 heavy (non-hydrogen) atoms. The molecule has 0 bridgehead atoms. The molecule has 2 aromatic carbocycles.